The number of rotatable bonds is 2. The summed E-state index contributed by atoms with van der Waals surface area (Å²) in [7, 11) is 0. The van der Waals surface area contributed by atoms with Crippen LogP contribution in [0.2, 0.25) is 0 Å². The monoisotopic (exact) mass is 303 g/mol. The molecule has 1 aliphatic heterocycles. The van der Waals surface area contributed by atoms with Crippen LogP contribution in [0.3, 0.4) is 0 Å². The second-order valence-electron chi connectivity index (χ2n) is 4.64. The second kappa shape index (κ2) is 5.44. The summed E-state index contributed by atoms with van der Waals surface area (Å²) < 4.78 is 28.4. The van der Waals surface area contributed by atoms with Gasteiger partial charge in [0.1, 0.15) is 11.5 Å². The SMILES string of the molecule is Fc1cccc(CC2(F)CCCNCC2)c1Br. The van der Waals surface area contributed by atoms with Gasteiger partial charge in [-0.05, 0) is 59.9 Å². The molecule has 1 N–H and O–H groups in total. The minimum Gasteiger partial charge on any atom is -0.317 e. The van der Waals surface area contributed by atoms with E-state index in [1.807, 2.05) is 0 Å². The molecule has 1 heterocycles. The van der Waals surface area contributed by atoms with Crippen molar-refractivity contribution in [2.45, 2.75) is 31.4 Å². The fraction of sp³-hybridized carbons (Fsp3) is 0.538. The van der Waals surface area contributed by atoms with Crippen LogP contribution in [0.5, 0.6) is 0 Å². The first-order chi connectivity index (χ1) is 8.11. The molecule has 1 atom stereocenters. The molecule has 0 saturated carbocycles. The summed E-state index contributed by atoms with van der Waals surface area (Å²) in [5.41, 5.74) is -0.491. The van der Waals surface area contributed by atoms with E-state index in [0.717, 1.165) is 18.5 Å². The number of hydrogen-bond donors (Lipinski definition) is 1. The maximum absolute atomic E-state index is 14.6. The van der Waals surface area contributed by atoms with Gasteiger partial charge in [-0.1, -0.05) is 12.1 Å². The lowest BCUT2D eigenvalue weighted by Crippen LogP contribution is -2.27. The van der Waals surface area contributed by atoms with Crippen molar-refractivity contribution in [1.82, 2.24) is 5.32 Å². The van der Waals surface area contributed by atoms with Crippen LogP contribution in [0.25, 0.3) is 0 Å². The predicted octanol–water partition coefficient (Wildman–Crippen LogP) is 3.61. The van der Waals surface area contributed by atoms with E-state index in [1.54, 1.807) is 12.1 Å². The molecule has 1 unspecified atom stereocenters. The minimum atomic E-state index is -1.21. The number of benzene rings is 1. The average molecular weight is 304 g/mol. The maximum Gasteiger partial charge on any atom is 0.137 e. The molecule has 0 amide bonds. The molecule has 0 radical (unpaired) electrons. The fourth-order valence-electron chi connectivity index (χ4n) is 2.30. The van der Waals surface area contributed by atoms with E-state index in [1.165, 1.54) is 6.07 Å². The summed E-state index contributed by atoms with van der Waals surface area (Å²) in [4.78, 5) is 0. The molecule has 1 aromatic rings. The van der Waals surface area contributed by atoms with Crippen molar-refractivity contribution in [2.75, 3.05) is 13.1 Å². The summed E-state index contributed by atoms with van der Waals surface area (Å²) in [5, 5.41) is 3.19. The number of hydrogen-bond acceptors (Lipinski definition) is 1. The van der Waals surface area contributed by atoms with Gasteiger partial charge in [0.2, 0.25) is 0 Å². The van der Waals surface area contributed by atoms with Crippen molar-refractivity contribution >= 4 is 15.9 Å². The Balaban J connectivity index is 2.15. The van der Waals surface area contributed by atoms with E-state index >= 15 is 0 Å². The molecule has 2 rings (SSSR count). The van der Waals surface area contributed by atoms with Gasteiger partial charge in [0.05, 0.1) is 4.47 Å². The molecule has 0 bridgehead atoms. The molecule has 1 fully saturated rings. The molecular weight excluding hydrogens is 288 g/mol. The Morgan fingerprint density at radius 3 is 2.94 bits per heavy atom. The summed E-state index contributed by atoms with van der Waals surface area (Å²) in [6, 6.07) is 4.80. The summed E-state index contributed by atoms with van der Waals surface area (Å²) >= 11 is 3.19. The van der Waals surface area contributed by atoms with Crippen LogP contribution in [0.1, 0.15) is 24.8 Å². The molecule has 1 aromatic carbocycles. The topological polar surface area (TPSA) is 12.0 Å². The quantitative estimate of drug-likeness (QED) is 0.880. The lowest BCUT2D eigenvalue weighted by molar-refractivity contribution is 0.144. The molecule has 4 heteroatoms. The zero-order valence-electron chi connectivity index (χ0n) is 9.61. The Hall–Kier alpha value is -0.480. The van der Waals surface area contributed by atoms with E-state index in [-0.39, 0.29) is 12.2 Å². The van der Waals surface area contributed by atoms with Crippen LogP contribution in [-0.4, -0.2) is 18.8 Å². The van der Waals surface area contributed by atoms with Gasteiger partial charge in [0.15, 0.2) is 0 Å². The highest BCUT2D eigenvalue weighted by Crippen LogP contribution is 2.32. The first-order valence-electron chi connectivity index (χ1n) is 5.93. The largest absolute Gasteiger partial charge is 0.317 e. The van der Waals surface area contributed by atoms with E-state index in [2.05, 4.69) is 21.2 Å². The summed E-state index contributed by atoms with van der Waals surface area (Å²) in [6.07, 6.45) is 2.16. The summed E-state index contributed by atoms with van der Waals surface area (Å²) in [6.45, 7) is 1.57. The zero-order chi connectivity index (χ0) is 12.3. The highest BCUT2D eigenvalue weighted by Gasteiger charge is 2.31. The third-order valence-corrected chi connectivity index (χ3v) is 4.16. The van der Waals surface area contributed by atoms with Gasteiger partial charge < -0.3 is 5.32 Å². The molecule has 0 aliphatic carbocycles. The third kappa shape index (κ3) is 3.26. The van der Waals surface area contributed by atoms with Crippen molar-refractivity contribution in [3.63, 3.8) is 0 Å². The first-order valence-corrected chi connectivity index (χ1v) is 6.73. The Labute approximate surface area is 109 Å². The highest BCUT2D eigenvalue weighted by molar-refractivity contribution is 9.10. The van der Waals surface area contributed by atoms with Crippen LogP contribution < -0.4 is 5.32 Å². The van der Waals surface area contributed by atoms with Crippen LogP contribution in [0.15, 0.2) is 22.7 Å². The zero-order valence-corrected chi connectivity index (χ0v) is 11.2. The van der Waals surface area contributed by atoms with Crippen molar-refractivity contribution in [3.8, 4) is 0 Å². The maximum atomic E-state index is 14.6. The number of halogens is 3. The van der Waals surface area contributed by atoms with E-state index in [9.17, 15) is 8.78 Å². The lowest BCUT2D eigenvalue weighted by Gasteiger charge is -2.23. The highest BCUT2D eigenvalue weighted by atomic mass is 79.9. The molecule has 17 heavy (non-hydrogen) atoms. The summed E-state index contributed by atoms with van der Waals surface area (Å²) in [5.74, 6) is -0.321. The molecule has 0 spiro atoms. The lowest BCUT2D eigenvalue weighted by atomic mass is 9.89. The molecule has 1 saturated heterocycles. The van der Waals surface area contributed by atoms with Gasteiger partial charge >= 0.3 is 0 Å². The van der Waals surface area contributed by atoms with Crippen molar-refractivity contribution in [2.24, 2.45) is 0 Å². The van der Waals surface area contributed by atoms with Crippen molar-refractivity contribution in [1.29, 1.82) is 0 Å². The molecule has 0 aromatic heterocycles. The van der Waals surface area contributed by atoms with Gasteiger partial charge in [-0.2, -0.15) is 0 Å². The van der Waals surface area contributed by atoms with Crippen LogP contribution in [0.4, 0.5) is 8.78 Å². The third-order valence-electron chi connectivity index (χ3n) is 3.27. The first kappa shape index (κ1) is 13.0. The van der Waals surface area contributed by atoms with Gasteiger partial charge in [-0.3, -0.25) is 0 Å². The van der Waals surface area contributed by atoms with Crippen LogP contribution in [0, 0.1) is 5.82 Å². The Morgan fingerprint density at radius 1 is 1.29 bits per heavy atom. The van der Waals surface area contributed by atoms with Crippen LogP contribution in [-0.2, 0) is 6.42 Å². The van der Waals surface area contributed by atoms with E-state index in [0.29, 0.717) is 23.9 Å². The smallest absolute Gasteiger partial charge is 0.137 e. The normalized spacial score (nSPS) is 25.6. The predicted molar refractivity (Wildman–Crippen MR) is 68.4 cm³/mol. The van der Waals surface area contributed by atoms with Crippen molar-refractivity contribution < 1.29 is 8.78 Å². The number of nitrogens with one attached hydrogen (secondary N) is 1. The molecular formula is C13H16BrF2N. The van der Waals surface area contributed by atoms with E-state index < -0.39 is 5.67 Å². The number of alkyl halides is 1. The Bertz CT molecular complexity index is 387. The van der Waals surface area contributed by atoms with Crippen LogP contribution >= 0.6 is 15.9 Å². The van der Waals surface area contributed by atoms with E-state index in [4.69, 9.17) is 0 Å². The van der Waals surface area contributed by atoms with Gasteiger partial charge in [-0.15, -0.1) is 0 Å². The fourth-order valence-corrected chi connectivity index (χ4v) is 2.70. The second-order valence-corrected chi connectivity index (χ2v) is 5.44. The van der Waals surface area contributed by atoms with Gasteiger partial charge in [0.25, 0.3) is 0 Å². The molecule has 1 aliphatic rings. The standard InChI is InChI=1S/C13H16BrF2N/c14-12-10(3-1-4-11(12)15)9-13(16)5-2-7-17-8-6-13/h1,3-4,17H,2,5-9H2. The molecule has 94 valence electrons. The van der Waals surface area contributed by atoms with Gasteiger partial charge in [0, 0.05) is 6.42 Å². The molecule has 1 nitrogen and oxygen atoms in total. The minimum absolute atomic E-state index is 0.285. The Kier molecular flexibility index (Phi) is 4.15. The van der Waals surface area contributed by atoms with Gasteiger partial charge in [-0.25, -0.2) is 8.78 Å². The van der Waals surface area contributed by atoms with Crippen molar-refractivity contribution in [3.05, 3.63) is 34.1 Å². The average Bonchev–Trinajstić information content (AvgIpc) is 2.50. The Morgan fingerprint density at radius 2 is 2.12 bits per heavy atom.